The highest BCUT2D eigenvalue weighted by atomic mass is 16.2. The lowest BCUT2D eigenvalue weighted by atomic mass is 9.90. The molecule has 3 aliphatic rings. The van der Waals surface area contributed by atoms with E-state index in [-0.39, 0.29) is 5.91 Å². The van der Waals surface area contributed by atoms with E-state index in [2.05, 4.69) is 36.7 Å². The van der Waals surface area contributed by atoms with Gasteiger partial charge in [-0.05, 0) is 54.0 Å². The van der Waals surface area contributed by atoms with Crippen LogP contribution in [0.15, 0.2) is 24.5 Å². The summed E-state index contributed by atoms with van der Waals surface area (Å²) in [6, 6.07) is 4.04. The Morgan fingerprint density at radius 1 is 1.18 bits per heavy atom. The van der Waals surface area contributed by atoms with Crippen LogP contribution in [0.3, 0.4) is 0 Å². The van der Waals surface area contributed by atoms with Gasteiger partial charge in [0.05, 0.1) is 24.1 Å². The van der Waals surface area contributed by atoms with Crippen LogP contribution in [-0.2, 0) is 30.7 Å². The highest BCUT2D eigenvalue weighted by molar-refractivity contribution is 5.78. The standard InChI is InChI=1S/C23H28N4O/c1-15-18-8-23(2,3)9-19(18)20-13-27(14-21(20)25-15)22(28)7-16-11-26(12-16)17-5-4-6-24-10-17/h4-6,10,16H,7-9,11-14H2,1-3H3. The molecule has 0 aromatic carbocycles. The Morgan fingerprint density at radius 2 is 1.96 bits per heavy atom. The van der Waals surface area contributed by atoms with Crippen molar-refractivity contribution in [3.63, 3.8) is 0 Å². The van der Waals surface area contributed by atoms with Crippen LogP contribution in [0.4, 0.5) is 5.69 Å². The van der Waals surface area contributed by atoms with E-state index in [0.717, 1.165) is 43.9 Å². The Kier molecular flexibility index (Phi) is 3.97. The van der Waals surface area contributed by atoms with Crippen molar-refractivity contribution in [2.24, 2.45) is 11.3 Å². The maximum absolute atomic E-state index is 12.9. The van der Waals surface area contributed by atoms with Crippen LogP contribution in [0.5, 0.6) is 0 Å². The number of aryl methyl sites for hydroxylation is 1. The Bertz CT molecular complexity index is 931. The molecule has 2 aromatic rings. The topological polar surface area (TPSA) is 49.3 Å². The molecule has 146 valence electrons. The van der Waals surface area contributed by atoms with Crippen LogP contribution >= 0.6 is 0 Å². The minimum absolute atomic E-state index is 0.275. The Morgan fingerprint density at radius 3 is 2.71 bits per heavy atom. The van der Waals surface area contributed by atoms with Crippen LogP contribution < -0.4 is 4.90 Å². The summed E-state index contributed by atoms with van der Waals surface area (Å²) in [6.45, 7) is 10.1. The van der Waals surface area contributed by atoms with Crippen molar-refractivity contribution in [3.05, 3.63) is 52.6 Å². The summed E-state index contributed by atoms with van der Waals surface area (Å²) in [7, 11) is 0. The van der Waals surface area contributed by atoms with Gasteiger partial charge in [-0.1, -0.05) is 13.8 Å². The molecule has 0 N–H and O–H groups in total. The number of amides is 1. The van der Waals surface area contributed by atoms with E-state index in [0.29, 0.717) is 24.3 Å². The van der Waals surface area contributed by atoms with Gasteiger partial charge in [-0.25, -0.2) is 0 Å². The zero-order chi connectivity index (χ0) is 19.5. The monoisotopic (exact) mass is 376 g/mol. The molecule has 28 heavy (non-hydrogen) atoms. The van der Waals surface area contributed by atoms with Gasteiger partial charge in [0.15, 0.2) is 0 Å². The van der Waals surface area contributed by atoms with E-state index in [1.54, 1.807) is 6.20 Å². The SMILES string of the molecule is Cc1nc2c(c3c1CC(C)(C)C3)CN(C(=O)CC1CN(c3cccnc3)C1)C2. The van der Waals surface area contributed by atoms with Gasteiger partial charge in [0, 0.05) is 43.9 Å². The molecule has 1 amide bonds. The van der Waals surface area contributed by atoms with Gasteiger partial charge in [-0.2, -0.15) is 0 Å². The smallest absolute Gasteiger partial charge is 0.223 e. The molecule has 2 aliphatic heterocycles. The fourth-order valence-electron chi connectivity index (χ4n) is 5.13. The molecule has 0 spiro atoms. The van der Waals surface area contributed by atoms with Crippen LogP contribution in [0.2, 0.25) is 0 Å². The van der Waals surface area contributed by atoms with Crippen LogP contribution in [0.25, 0.3) is 0 Å². The number of rotatable bonds is 3. The molecule has 5 nitrogen and oxygen atoms in total. The Hall–Kier alpha value is -2.43. The van der Waals surface area contributed by atoms with Crippen molar-refractivity contribution in [1.29, 1.82) is 0 Å². The summed E-state index contributed by atoms with van der Waals surface area (Å²) in [4.78, 5) is 26.3. The molecule has 0 unspecified atom stereocenters. The average molecular weight is 377 g/mol. The van der Waals surface area contributed by atoms with Crippen LogP contribution in [-0.4, -0.2) is 33.9 Å². The lowest BCUT2D eigenvalue weighted by molar-refractivity contribution is -0.133. The third kappa shape index (κ3) is 2.97. The second-order valence-corrected chi connectivity index (χ2v) is 9.53. The van der Waals surface area contributed by atoms with E-state index in [1.807, 2.05) is 17.2 Å². The summed E-state index contributed by atoms with van der Waals surface area (Å²) in [6.07, 6.45) is 6.54. The van der Waals surface area contributed by atoms with Crippen molar-refractivity contribution in [2.75, 3.05) is 18.0 Å². The first kappa shape index (κ1) is 17.7. The summed E-state index contributed by atoms with van der Waals surface area (Å²) in [5, 5.41) is 0. The summed E-state index contributed by atoms with van der Waals surface area (Å²) >= 11 is 0. The lowest BCUT2D eigenvalue weighted by Gasteiger charge is -2.41. The van der Waals surface area contributed by atoms with Crippen molar-refractivity contribution in [1.82, 2.24) is 14.9 Å². The second-order valence-electron chi connectivity index (χ2n) is 9.53. The zero-order valence-electron chi connectivity index (χ0n) is 17.0. The number of anilines is 1. The van der Waals surface area contributed by atoms with Crippen molar-refractivity contribution >= 4 is 11.6 Å². The number of hydrogen-bond donors (Lipinski definition) is 0. The van der Waals surface area contributed by atoms with E-state index < -0.39 is 0 Å². The van der Waals surface area contributed by atoms with Gasteiger partial charge in [0.1, 0.15) is 0 Å². The van der Waals surface area contributed by atoms with Gasteiger partial charge in [0.2, 0.25) is 5.91 Å². The number of pyridine rings is 2. The minimum atomic E-state index is 0.275. The van der Waals surface area contributed by atoms with Crippen LogP contribution in [0.1, 0.15) is 48.3 Å². The fraction of sp³-hybridized carbons (Fsp3) is 0.522. The predicted molar refractivity (Wildman–Crippen MR) is 109 cm³/mol. The first-order chi connectivity index (χ1) is 13.4. The third-order valence-electron chi connectivity index (χ3n) is 6.60. The molecule has 0 atom stereocenters. The molecule has 5 rings (SSSR count). The van der Waals surface area contributed by atoms with Crippen molar-refractivity contribution in [2.45, 2.75) is 53.1 Å². The molecule has 0 bridgehead atoms. The van der Waals surface area contributed by atoms with E-state index in [1.165, 1.54) is 22.4 Å². The zero-order valence-corrected chi connectivity index (χ0v) is 17.0. The molecule has 5 heteroatoms. The molecule has 1 aliphatic carbocycles. The molecule has 1 fully saturated rings. The molecule has 0 saturated carbocycles. The maximum atomic E-state index is 12.9. The summed E-state index contributed by atoms with van der Waals surface area (Å²) in [5.41, 5.74) is 8.01. The van der Waals surface area contributed by atoms with E-state index in [9.17, 15) is 4.79 Å². The molecular weight excluding hydrogens is 348 g/mol. The lowest BCUT2D eigenvalue weighted by Crippen LogP contribution is -2.48. The number of carbonyl (C=O) groups is 1. The largest absolute Gasteiger partial charge is 0.370 e. The fourth-order valence-corrected chi connectivity index (χ4v) is 5.13. The molecule has 1 saturated heterocycles. The average Bonchev–Trinajstić information content (AvgIpc) is 3.19. The normalized spacial score (nSPS) is 20.1. The van der Waals surface area contributed by atoms with Gasteiger partial charge >= 0.3 is 0 Å². The van der Waals surface area contributed by atoms with Gasteiger partial charge in [-0.3, -0.25) is 14.8 Å². The predicted octanol–water partition coefficient (Wildman–Crippen LogP) is 3.28. The number of hydrogen-bond acceptors (Lipinski definition) is 4. The van der Waals surface area contributed by atoms with Gasteiger partial charge < -0.3 is 9.80 Å². The first-order valence-corrected chi connectivity index (χ1v) is 10.3. The number of aromatic nitrogens is 2. The van der Waals surface area contributed by atoms with Crippen molar-refractivity contribution < 1.29 is 4.79 Å². The second kappa shape index (κ2) is 6.29. The van der Waals surface area contributed by atoms with Gasteiger partial charge in [-0.15, -0.1) is 0 Å². The highest BCUT2D eigenvalue weighted by Crippen LogP contribution is 2.42. The molecule has 0 radical (unpaired) electrons. The summed E-state index contributed by atoms with van der Waals surface area (Å²) in [5.74, 6) is 0.716. The quantitative estimate of drug-likeness (QED) is 0.825. The molecular formula is C23H28N4O. The first-order valence-electron chi connectivity index (χ1n) is 10.3. The molecule has 4 heterocycles. The highest BCUT2D eigenvalue weighted by Gasteiger charge is 2.37. The number of carbonyl (C=O) groups excluding carboxylic acids is 1. The third-order valence-corrected chi connectivity index (χ3v) is 6.60. The van der Waals surface area contributed by atoms with E-state index >= 15 is 0 Å². The van der Waals surface area contributed by atoms with Crippen LogP contribution in [0, 0.1) is 18.3 Å². The number of nitrogens with zero attached hydrogens (tertiary/aromatic N) is 4. The maximum Gasteiger partial charge on any atom is 0.223 e. The minimum Gasteiger partial charge on any atom is -0.370 e. The summed E-state index contributed by atoms with van der Waals surface area (Å²) < 4.78 is 0. The van der Waals surface area contributed by atoms with E-state index in [4.69, 9.17) is 4.98 Å². The number of fused-ring (bicyclic) bond motifs is 3. The van der Waals surface area contributed by atoms with Gasteiger partial charge in [0.25, 0.3) is 0 Å². The Balaban J connectivity index is 1.24. The van der Waals surface area contributed by atoms with Crippen molar-refractivity contribution in [3.8, 4) is 0 Å². The Labute approximate surface area is 166 Å². The molecule has 2 aromatic heterocycles.